The Morgan fingerprint density at radius 3 is 2.89 bits per heavy atom. The highest BCUT2D eigenvalue weighted by molar-refractivity contribution is 5.95. The highest BCUT2D eigenvalue weighted by Crippen LogP contribution is 2.17. The maximum Gasteiger partial charge on any atom is 0.254 e. The minimum absolute atomic E-state index is 0.00806. The first kappa shape index (κ1) is 14.0. The van der Waals surface area contributed by atoms with Crippen LogP contribution in [0.1, 0.15) is 35.7 Å². The molecular weight excluding hydrogens is 243 g/mol. The maximum atomic E-state index is 13.1. The molecule has 3 nitrogen and oxygen atoms in total. The molecule has 1 aromatic carbocycles. The summed E-state index contributed by atoms with van der Waals surface area (Å²) in [5, 5.41) is 3.33. The van der Waals surface area contributed by atoms with Crippen LogP contribution in [-0.2, 0) is 0 Å². The molecule has 1 unspecified atom stereocenters. The molecule has 104 valence electrons. The second-order valence-electron chi connectivity index (χ2n) is 5.05. The van der Waals surface area contributed by atoms with Gasteiger partial charge in [0.2, 0.25) is 0 Å². The van der Waals surface area contributed by atoms with E-state index < -0.39 is 0 Å². The van der Waals surface area contributed by atoms with Gasteiger partial charge >= 0.3 is 0 Å². The highest BCUT2D eigenvalue weighted by Gasteiger charge is 2.25. The molecule has 1 aliphatic heterocycles. The standard InChI is InChI=1S/C15H21FN2O/c1-3-18(13-5-4-8-17-10-13)15(19)14-7-6-12(16)9-11(14)2/h6-7,9,13,17H,3-5,8,10H2,1-2H3. The first-order chi connectivity index (χ1) is 9.13. The molecule has 0 aromatic heterocycles. The van der Waals surface area contributed by atoms with Crippen molar-refractivity contribution in [1.29, 1.82) is 0 Å². The number of nitrogens with one attached hydrogen (secondary N) is 1. The number of carbonyl (C=O) groups is 1. The van der Waals surface area contributed by atoms with Gasteiger partial charge in [-0.2, -0.15) is 0 Å². The summed E-state index contributed by atoms with van der Waals surface area (Å²) in [5.41, 5.74) is 1.31. The predicted molar refractivity (Wildman–Crippen MR) is 73.7 cm³/mol. The van der Waals surface area contributed by atoms with Crippen LogP contribution in [0.5, 0.6) is 0 Å². The smallest absolute Gasteiger partial charge is 0.254 e. The molecule has 1 amide bonds. The molecule has 1 saturated heterocycles. The number of benzene rings is 1. The second kappa shape index (κ2) is 6.15. The van der Waals surface area contributed by atoms with Crippen molar-refractivity contribution < 1.29 is 9.18 Å². The summed E-state index contributed by atoms with van der Waals surface area (Å²) in [7, 11) is 0. The lowest BCUT2D eigenvalue weighted by Gasteiger charge is -2.34. The van der Waals surface area contributed by atoms with Gasteiger partial charge in [-0.25, -0.2) is 4.39 Å². The summed E-state index contributed by atoms with van der Waals surface area (Å²) < 4.78 is 13.1. The molecule has 2 rings (SSSR count). The maximum absolute atomic E-state index is 13.1. The molecule has 1 fully saturated rings. The van der Waals surface area contributed by atoms with Crippen LogP contribution in [0.15, 0.2) is 18.2 Å². The number of piperidine rings is 1. The number of halogens is 1. The molecule has 0 bridgehead atoms. The summed E-state index contributed by atoms with van der Waals surface area (Å²) in [5.74, 6) is -0.287. The molecule has 1 N–H and O–H groups in total. The average Bonchev–Trinajstić information content (AvgIpc) is 2.40. The summed E-state index contributed by atoms with van der Waals surface area (Å²) in [4.78, 5) is 14.5. The van der Waals surface area contributed by atoms with Crippen LogP contribution in [0, 0.1) is 12.7 Å². The van der Waals surface area contributed by atoms with Crippen molar-refractivity contribution in [2.45, 2.75) is 32.7 Å². The number of aryl methyl sites for hydroxylation is 1. The number of likely N-dealkylation sites (N-methyl/N-ethyl adjacent to an activating group) is 1. The Kier molecular flexibility index (Phi) is 4.53. The zero-order chi connectivity index (χ0) is 13.8. The van der Waals surface area contributed by atoms with E-state index in [9.17, 15) is 9.18 Å². The van der Waals surface area contributed by atoms with Gasteiger partial charge in [0.25, 0.3) is 5.91 Å². The fraction of sp³-hybridized carbons (Fsp3) is 0.533. The van der Waals surface area contributed by atoms with E-state index in [1.165, 1.54) is 12.1 Å². The van der Waals surface area contributed by atoms with Gasteiger partial charge in [0.1, 0.15) is 5.82 Å². The summed E-state index contributed by atoms with van der Waals surface area (Å²) >= 11 is 0. The van der Waals surface area contributed by atoms with Crippen LogP contribution < -0.4 is 5.32 Å². The fourth-order valence-corrected chi connectivity index (χ4v) is 2.69. The molecule has 0 aliphatic carbocycles. The van der Waals surface area contributed by atoms with Crippen molar-refractivity contribution in [1.82, 2.24) is 10.2 Å². The van der Waals surface area contributed by atoms with Crippen LogP contribution in [0.3, 0.4) is 0 Å². The number of nitrogens with zero attached hydrogens (tertiary/aromatic N) is 1. The van der Waals surface area contributed by atoms with Crippen molar-refractivity contribution in [2.24, 2.45) is 0 Å². The topological polar surface area (TPSA) is 32.3 Å². The van der Waals surface area contributed by atoms with Crippen molar-refractivity contribution in [3.8, 4) is 0 Å². The quantitative estimate of drug-likeness (QED) is 0.909. The highest BCUT2D eigenvalue weighted by atomic mass is 19.1. The Morgan fingerprint density at radius 1 is 1.53 bits per heavy atom. The lowest BCUT2D eigenvalue weighted by molar-refractivity contribution is 0.0661. The molecule has 0 saturated carbocycles. The SMILES string of the molecule is CCN(C(=O)c1ccc(F)cc1C)C1CCCNC1. The monoisotopic (exact) mass is 264 g/mol. The van der Waals surface area contributed by atoms with Crippen LogP contribution in [-0.4, -0.2) is 36.5 Å². The number of carbonyl (C=O) groups excluding carboxylic acids is 1. The van der Waals surface area contributed by atoms with Crippen LogP contribution in [0.4, 0.5) is 4.39 Å². The Bertz CT molecular complexity index is 455. The van der Waals surface area contributed by atoms with Gasteiger partial charge in [-0.15, -0.1) is 0 Å². The van der Waals surface area contributed by atoms with Gasteiger partial charge in [0.05, 0.1) is 0 Å². The number of hydrogen-bond acceptors (Lipinski definition) is 2. The minimum Gasteiger partial charge on any atom is -0.335 e. The zero-order valence-electron chi connectivity index (χ0n) is 11.6. The van der Waals surface area contributed by atoms with Crippen LogP contribution in [0.25, 0.3) is 0 Å². The van der Waals surface area contributed by atoms with E-state index in [1.807, 2.05) is 11.8 Å². The number of rotatable bonds is 3. The van der Waals surface area contributed by atoms with Gasteiger partial charge in [0, 0.05) is 24.7 Å². The lowest BCUT2D eigenvalue weighted by Crippen LogP contribution is -2.48. The van der Waals surface area contributed by atoms with Crippen LogP contribution >= 0.6 is 0 Å². The third kappa shape index (κ3) is 3.13. The van der Waals surface area contributed by atoms with Crippen molar-refractivity contribution in [3.63, 3.8) is 0 Å². The molecule has 1 aromatic rings. The van der Waals surface area contributed by atoms with E-state index in [-0.39, 0.29) is 17.8 Å². The zero-order valence-corrected chi connectivity index (χ0v) is 11.6. The van der Waals surface area contributed by atoms with Crippen molar-refractivity contribution >= 4 is 5.91 Å². The van der Waals surface area contributed by atoms with Gasteiger partial charge in [-0.05, 0) is 57.0 Å². The number of hydrogen-bond donors (Lipinski definition) is 1. The Hall–Kier alpha value is -1.42. The van der Waals surface area contributed by atoms with Gasteiger partial charge in [-0.3, -0.25) is 4.79 Å². The molecular formula is C15H21FN2O. The molecule has 1 atom stereocenters. The van der Waals surface area contributed by atoms with E-state index in [1.54, 1.807) is 13.0 Å². The van der Waals surface area contributed by atoms with E-state index >= 15 is 0 Å². The van der Waals surface area contributed by atoms with Gasteiger partial charge < -0.3 is 10.2 Å². The van der Waals surface area contributed by atoms with Crippen molar-refractivity contribution in [3.05, 3.63) is 35.1 Å². The third-order valence-corrected chi connectivity index (χ3v) is 3.73. The van der Waals surface area contributed by atoms with Crippen molar-refractivity contribution in [2.75, 3.05) is 19.6 Å². The van der Waals surface area contributed by atoms with Crippen LogP contribution in [0.2, 0.25) is 0 Å². The molecule has 0 spiro atoms. The third-order valence-electron chi connectivity index (χ3n) is 3.73. The first-order valence-corrected chi connectivity index (χ1v) is 6.91. The normalized spacial score (nSPS) is 19.2. The van der Waals surface area contributed by atoms with Gasteiger partial charge in [0.15, 0.2) is 0 Å². The molecule has 19 heavy (non-hydrogen) atoms. The Labute approximate surface area is 113 Å². The molecule has 1 heterocycles. The number of amides is 1. The molecule has 4 heteroatoms. The second-order valence-corrected chi connectivity index (χ2v) is 5.05. The van der Waals surface area contributed by atoms with Gasteiger partial charge in [-0.1, -0.05) is 0 Å². The van der Waals surface area contributed by atoms with E-state index in [4.69, 9.17) is 0 Å². The van der Waals surface area contributed by atoms with E-state index in [0.717, 1.165) is 25.9 Å². The Balaban J connectivity index is 2.19. The van der Waals surface area contributed by atoms with E-state index in [2.05, 4.69) is 5.32 Å². The summed E-state index contributed by atoms with van der Waals surface area (Å²) in [6.07, 6.45) is 2.13. The van der Waals surface area contributed by atoms with E-state index in [0.29, 0.717) is 17.7 Å². The molecule has 0 radical (unpaired) electrons. The first-order valence-electron chi connectivity index (χ1n) is 6.91. The average molecular weight is 264 g/mol. The summed E-state index contributed by atoms with van der Waals surface area (Å²) in [6, 6.07) is 4.61. The summed E-state index contributed by atoms with van der Waals surface area (Å²) in [6.45, 7) is 6.33. The minimum atomic E-state index is -0.295. The molecule has 1 aliphatic rings. The predicted octanol–water partition coefficient (Wildman–Crippen LogP) is 2.35. The Morgan fingerprint density at radius 2 is 2.32 bits per heavy atom. The lowest BCUT2D eigenvalue weighted by atomic mass is 10.0. The fourth-order valence-electron chi connectivity index (χ4n) is 2.69. The largest absolute Gasteiger partial charge is 0.335 e.